The van der Waals surface area contributed by atoms with Crippen molar-refractivity contribution in [3.05, 3.63) is 12.2 Å². The van der Waals surface area contributed by atoms with E-state index in [0.29, 0.717) is 5.92 Å². The van der Waals surface area contributed by atoms with Gasteiger partial charge < -0.3 is 4.74 Å². The van der Waals surface area contributed by atoms with Crippen molar-refractivity contribution in [3.8, 4) is 0 Å². The lowest BCUT2D eigenvalue weighted by atomic mass is 10.1. The highest BCUT2D eigenvalue weighted by Gasteiger charge is 2.04. The minimum Gasteiger partial charge on any atom is -0.377 e. The topological polar surface area (TPSA) is 9.23 Å². The van der Waals surface area contributed by atoms with Crippen LogP contribution in [0.3, 0.4) is 0 Å². The number of alkyl halides is 1. The standard InChI is InChI=1S/C6H9IO/c7-4-6-2-1-3-8-5-6/h1-2,6H,3-5H2. The highest BCUT2D eigenvalue weighted by Crippen LogP contribution is 2.08. The van der Waals surface area contributed by atoms with E-state index in [1.807, 2.05) is 0 Å². The van der Waals surface area contributed by atoms with Crippen LogP contribution in [0.25, 0.3) is 0 Å². The Labute approximate surface area is 63.2 Å². The average Bonchev–Trinajstić information content (AvgIpc) is 1.90. The van der Waals surface area contributed by atoms with Crippen LogP contribution in [0.2, 0.25) is 0 Å². The van der Waals surface area contributed by atoms with E-state index < -0.39 is 0 Å². The summed E-state index contributed by atoms with van der Waals surface area (Å²) >= 11 is 2.38. The van der Waals surface area contributed by atoms with E-state index in [1.165, 1.54) is 4.43 Å². The van der Waals surface area contributed by atoms with Gasteiger partial charge in [0, 0.05) is 10.3 Å². The fourth-order valence-electron chi connectivity index (χ4n) is 0.687. The lowest BCUT2D eigenvalue weighted by Crippen LogP contribution is -2.12. The molecule has 0 radical (unpaired) electrons. The quantitative estimate of drug-likeness (QED) is 0.373. The van der Waals surface area contributed by atoms with E-state index in [2.05, 4.69) is 34.7 Å². The maximum Gasteiger partial charge on any atom is 0.0647 e. The van der Waals surface area contributed by atoms with Crippen LogP contribution >= 0.6 is 22.6 Å². The van der Waals surface area contributed by atoms with Crippen LogP contribution in [0.5, 0.6) is 0 Å². The Morgan fingerprint density at radius 1 is 1.75 bits per heavy atom. The number of hydrogen-bond acceptors (Lipinski definition) is 1. The van der Waals surface area contributed by atoms with Gasteiger partial charge in [0.25, 0.3) is 0 Å². The lowest BCUT2D eigenvalue weighted by Gasteiger charge is -2.12. The van der Waals surface area contributed by atoms with Crippen molar-refractivity contribution in [1.29, 1.82) is 0 Å². The molecule has 1 aliphatic heterocycles. The smallest absolute Gasteiger partial charge is 0.0647 e. The fraction of sp³-hybridized carbons (Fsp3) is 0.667. The molecular formula is C6H9IO. The first kappa shape index (κ1) is 6.55. The zero-order valence-corrected chi connectivity index (χ0v) is 6.80. The third-order valence-electron chi connectivity index (χ3n) is 1.15. The van der Waals surface area contributed by atoms with Gasteiger partial charge in [-0.25, -0.2) is 0 Å². The minimum atomic E-state index is 0.671. The molecule has 0 spiro atoms. The Morgan fingerprint density at radius 2 is 2.62 bits per heavy atom. The van der Waals surface area contributed by atoms with Crippen molar-refractivity contribution in [3.63, 3.8) is 0 Å². The average molecular weight is 224 g/mol. The molecule has 0 N–H and O–H groups in total. The fourth-order valence-corrected chi connectivity index (χ4v) is 1.23. The minimum absolute atomic E-state index is 0.671. The predicted molar refractivity (Wildman–Crippen MR) is 42.3 cm³/mol. The van der Waals surface area contributed by atoms with Crippen LogP contribution in [0.15, 0.2) is 12.2 Å². The summed E-state index contributed by atoms with van der Waals surface area (Å²) in [6, 6.07) is 0. The second-order valence-corrected chi connectivity index (χ2v) is 2.76. The van der Waals surface area contributed by atoms with Gasteiger partial charge in [-0.2, -0.15) is 0 Å². The van der Waals surface area contributed by atoms with E-state index >= 15 is 0 Å². The normalized spacial score (nSPS) is 28.4. The van der Waals surface area contributed by atoms with Gasteiger partial charge in [0.05, 0.1) is 13.2 Å². The predicted octanol–water partition coefficient (Wildman–Crippen LogP) is 1.62. The van der Waals surface area contributed by atoms with E-state index in [4.69, 9.17) is 4.74 Å². The van der Waals surface area contributed by atoms with Gasteiger partial charge >= 0.3 is 0 Å². The summed E-state index contributed by atoms with van der Waals surface area (Å²) < 4.78 is 6.36. The van der Waals surface area contributed by atoms with Crippen molar-refractivity contribution >= 4 is 22.6 Å². The largest absolute Gasteiger partial charge is 0.377 e. The van der Waals surface area contributed by atoms with Crippen LogP contribution < -0.4 is 0 Å². The Hall–Kier alpha value is 0.430. The molecule has 0 aromatic carbocycles. The summed E-state index contributed by atoms with van der Waals surface area (Å²) in [6.07, 6.45) is 4.32. The summed E-state index contributed by atoms with van der Waals surface area (Å²) in [5, 5.41) is 0. The first-order chi connectivity index (χ1) is 3.93. The third kappa shape index (κ3) is 1.74. The Morgan fingerprint density at radius 3 is 3.00 bits per heavy atom. The number of ether oxygens (including phenoxy) is 1. The molecule has 0 saturated carbocycles. The van der Waals surface area contributed by atoms with Crippen molar-refractivity contribution in [1.82, 2.24) is 0 Å². The molecule has 0 bridgehead atoms. The molecule has 1 atom stereocenters. The van der Waals surface area contributed by atoms with E-state index in [0.717, 1.165) is 13.2 Å². The summed E-state index contributed by atoms with van der Waals surface area (Å²) in [7, 11) is 0. The van der Waals surface area contributed by atoms with Crippen molar-refractivity contribution in [2.24, 2.45) is 5.92 Å². The van der Waals surface area contributed by atoms with Crippen molar-refractivity contribution in [2.45, 2.75) is 0 Å². The molecule has 0 fully saturated rings. The van der Waals surface area contributed by atoms with Crippen LogP contribution in [0, 0.1) is 5.92 Å². The number of halogens is 1. The van der Waals surface area contributed by atoms with E-state index in [1.54, 1.807) is 0 Å². The molecule has 2 heteroatoms. The molecule has 1 aliphatic rings. The summed E-state index contributed by atoms with van der Waals surface area (Å²) in [5.41, 5.74) is 0. The van der Waals surface area contributed by atoms with Gasteiger partial charge in [-0.05, 0) is 0 Å². The summed E-state index contributed by atoms with van der Waals surface area (Å²) in [4.78, 5) is 0. The number of hydrogen-bond donors (Lipinski definition) is 0. The summed E-state index contributed by atoms with van der Waals surface area (Å²) in [6.45, 7) is 1.73. The highest BCUT2D eigenvalue weighted by molar-refractivity contribution is 14.1. The second kappa shape index (κ2) is 3.45. The molecule has 0 saturated heterocycles. The van der Waals surface area contributed by atoms with Crippen LogP contribution in [0.4, 0.5) is 0 Å². The Balaban J connectivity index is 2.32. The second-order valence-electron chi connectivity index (χ2n) is 1.88. The van der Waals surface area contributed by atoms with Gasteiger partial charge in [-0.1, -0.05) is 34.7 Å². The van der Waals surface area contributed by atoms with Crippen LogP contribution in [-0.4, -0.2) is 17.6 Å². The van der Waals surface area contributed by atoms with Crippen molar-refractivity contribution < 1.29 is 4.74 Å². The van der Waals surface area contributed by atoms with Gasteiger partial charge in [0.1, 0.15) is 0 Å². The van der Waals surface area contributed by atoms with Crippen LogP contribution in [0.1, 0.15) is 0 Å². The Bertz CT molecular complexity index is 90.5. The van der Waals surface area contributed by atoms with Gasteiger partial charge in [0.15, 0.2) is 0 Å². The van der Waals surface area contributed by atoms with E-state index in [-0.39, 0.29) is 0 Å². The molecule has 46 valence electrons. The zero-order valence-electron chi connectivity index (χ0n) is 4.64. The maximum absolute atomic E-state index is 5.18. The highest BCUT2D eigenvalue weighted by atomic mass is 127. The first-order valence-electron chi connectivity index (χ1n) is 2.74. The summed E-state index contributed by atoms with van der Waals surface area (Å²) in [5.74, 6) is 0.671. The molecule has 8 heavy (non-hydrogen) atoms. The number of rotatable bonds is 1. The van der Waals surface area contributed by atoms with Crippen molar-refractivity contribution in [2.75, 3.05) is 17.6 Å². The van der Waals surface area contributed by atoms with Crippen LogP contribution in [-0.2, 0) is 4.74 Å². The molecule has 0 amide bonds. The lowest BCUT2D eigenvalue weighted by molar-refractivity contribution is 0.133. The molecule has 0 aromatic heterocycles. The monoisotopic (exact) mass is 224 g/mol. The maximum atomic E-state index is 5.18. The SMILES string of the molecule is ICC1C=CCOC1. The molecule has 1 heterocycles. The zero-order chi connectivity index (χ0) is 5.82. The first-order valence-corrected chi connectivity index (χ1v) is 4.26. The molecule has 0 aliphatic carbocycles. The van der Waals surface area contributed by atoms with E-state index in [9.17, 15) is 0 Å². The molecule has 0 aromatic rings. The van der Waals surface area contributed by atoms with Gasteiger partial charge in [-0.3, -0.25) is 0 Å². The van der Waals surface area contributed by atoms with Gasteiger partial charge in [0.2, 0.25) is 0 Å². The van der Waals surface area contributed by atoms with Gasteiger partial charge in [-0.15, -0.1) is 0 Å². The Kier molecular flexibility index (Phi) is 2.83. The molecule has 1 unspecified atom stereocenters. The molecule has 1 nitrogen and oxygen atoms in total. The third-order valence-corrected chi connectivity index (χ3v) is 2.28. The molecule has 1 rings (SSSR count). The molecular weight excluding hydrogens is 215 g/mol.